The zero-order valence-electron chi connectivity index (χ0n) is 17.8. The van der Waals surface area contributed by atoms with Crippen molar-refractivity contribution >= 4 is 18.3 Å². The van der Waals surface area contributed by atoms with E-state index in [9.17, 15) is 4.79 Å². The number of benzene rings is 1. The van der Waals surface area contributed by atoms with Crippen LogP contribution in [-0.4, -0.2) is 31.2 Å². The summed E-state index contributed by atoms with van der Waals surface area (Å²) in [5.41, 5.74) is 0.900. The molecule has 0 saturated heterocycles. The van der Waals surface area contributed by atoms with E-state index >= 15 is 0 Å². The Labute approximate surface area is 176 Å². The first-order valence-corrected chi connectivity index (χ1v) is 10.2. The first-order chi connectivity index (χ1) is 12.9. The normalized spacial score (nSPS) is 15.7. The van der Waals surface area contributed by atoms with Crippen molar-refractivity contribution in [3.05, 3.63) is 23.8 Å². The number of hydrogen-bond acceptors (Lipinski definition) is 4. The van der Waals surface area contributed by atoms with Crippen LogP contribution < -0.4 is 20.1 Å². The number of ether oxygens (including phenoxy) is 2. The average Bonchev–Trinajstić information content (AvgIpc) is 2.57. The molecule has 1 aliphatic carbocycles. The van der Waals surface area contributed by atoms with E-state index < -0.39 is 0 Å². The molecule has 0 heterocycles. The molecule has 2 rings (SSSR count). The van der Waals surface area contributed by atoms with E-state index in [0.717, 1.165) is 6.54 Å². The summed E-state index contributed by atoms with van der Waals surface area (Å²) >= 11 is 0. The lowest BCUT2D eigenvalue weighted by atomic mass is 9.96. The summed E-state index contributed by atoms with van der Waals surface area (Å²) in [5.74, 6) is 1.12. The second kappa shape index (κ2) is 12.2. The van der Waals surface area contributed by atoms with E-state index in [1.54, 1.807) is 7.11 Å². The zero-order valence-corrected chi connectivity index (χ0v) is 18.6. The van der Waals surface area contributed by atoms with Gasteiger partial charge in [0.2, 0.25) is 0 Å². The highest BCUT2D eigenvalue weighted by Gasteiger charge is 2.15. The van der Waals surface area contributed by atoms with Crippen LogP contribution in [0.4, 0.5) is 0 Å². The summed E-state index contributed by atoms with van der Waals surface area (Å²) < 4.78 is 11.1. The van der Waals surface area contributed by atoms with Crippen molar-refractivity contribution in [3.63, 3.8) is 0 Å². The molecule has 6 heteroatoms. The molecular weight excluding hydrogens is 376 g/mol. The smallest absolute Gasteiger partial charge is 0.258 e. The van der Waals surface area contributed by atoms with Crippen molar-refractivity contribution in [3.8, 4) is 11.5 Å². The molecule has 1 saturated carbocycles. The number of methoxy groups -OCH3 is 1. The Morgan fingerprint density at radius 3 is 2.32 bits per heavy atom. The van der Waals surface area contributed by atoms with E-state index in [1.165, 1.54) is 50.5 Å². The summed E-state index contributed by atoms with van der Waals surface area (Å²) in [6.45, 7) is 6.65. The molecule has 1 fully saturated rings. The van der Waals surface area contributed by atoms with Gasteiger partial charge in [-0.1, -0.05) is 38.2 Å². The van der Waals surface area contributed by atoms with Gasteiger partial charge in [-0.25, -0.2) is 0 Å². The lowest BCUT2D eigenvalue weighted by molar-refractivity contribution is -0.124. The van der Waals surface area contributed by atoms with Crippen molar-refractivity contribution < 1.29 is 14.3 Å². The summed E-state index contributed by atoms with van der Waals surface area (Å²) in [4.78, 5) is 11.9. The number of amides is 1. The van der Waals surface area contributed by atoms with Crippen molar-refractivity contribution in [2.24, 2.45) is 0 Å². The summed E-state index contributed by atoms with van der Waals surface area (Å²) in [5, 5.41) is 6.58. The van der Waals surface area contributed by atoms with E-state index in [-0.39, 0.29) is 30.5 Å². The quantitative estimate of drug-likeness (QED) is 0.686. The SMILES string of the molecule is COc1cc(CNC2CCCCCCC2)ccc1OCC(=O)NC(C)(C)C.Cl. The Kier molecular flexibility index (Phi) is 10.7. The number of carbonyl (C=O) groups is 1. The molecule has 0 radical (unpaired) electrons. The minimum Gasteiger partial charge on any atom is -0.493 e. The topological polar surface area (TPSA) is 59.6 Å². The molecular formula is C22H37ClN2O3. The summed E-state index contributed by atoms with van der Waals surface area (Å²) in [6, 6.07) is 6.52. The van der Waals surface area contributed by atoms with Gasteiger partial charge in [0.15, 0.2) is 18.1 Å². The Morgan fingerprint density at radius 1 is 1.07 bits per heavy atom. The minimum atomic E-state index is -0.267. The van der Waals surface area contributed by atoms with E-state index in [4.69, 9.17) is 9.47 Å². The third-order valence-corrected chi connectivity index (χ3v) is 4.80. The van der Waals surface area contributed by atoms with Gasteiger partial charge in [-0.3, -0.25) is 4.79 Å². The summed E-state index contributed by atoms with van der Waals surface area (Å²) in [7, 11) is 1.63. The summed E-state index contributed by atoms with van der Waals surface area (Å²) in [6.07, 6.45) is 9.29. The molecule has 160 valence electrons. The molecule has 2 N–H and O–H groups in total. The first kappa shape index (κ1) is 24.6. The maximum atomic E-state index is 11.9. The van der Waals surface area contributed by atoms with Crippen molar-refractivity contribution in [1.29, 1.82) is 0 Å². The molecule has 1 aromatic rings. The largest absolute Gasteiger partial charge is 0.493 e. The lowest BCUT2D eigenvalue weighted by Gasteiger charge is -2.22. The predicted octanol–water partition coefficient (Wildman–Crippen LogP) is 4.61. The molecule has 5 nitrogen and oxygen atoms in total. The molecule has 0 bridgehead atoms. The fraction of sp³-hybridized carbons (Fsp3) is 0.682. The van der Waals surface area contributed by atoms with Gasteiger partial charge < -0.3 is 20.1 Å². The van der Waals surface area contributed by atoms with E-state index in [0.29, 0.717) is 17.5 Å². The third-order valence-electron chi connectivity index (χ3n) is 4.80. The molecule has 1 aromatic carbocycles. The van der Waals surface area contributed by atoms with E-state index in [1.807, 2.05) is 39.0 Å². The van der Waals surface area contributed by atoms with Crippen LogP contribution in [0.2, 0.25) is 0 Å². The van der Waals surface area contributed by atoms with Crippen molar-refractivity contribution in [1.82, 2.24) is 10.6 Å². The van der Waals surface area contributed by atoms with E-state index in [2.05, 4.69) is 10.6 Å². The van der Waals surface area contributed by atoms with Gasteiger partial charge in [-0.15, -0.1) is 12.4 Å². The van der Waals surface area contributed by atoms with Crippen molar-refractivity contribution in [2.75, 3.05) is 13.7 Å². The highest BCUT2D eigenvalue weighted by Crippen LogP contribution is 2.28. The lowest BCUT2D eigenvalue weighted by Crippen LogP contribution is -2.43. The third kappa shape index (κ3) is 9.16. The Balaban J connectivity index is 0.00000392. The molecule has 1 amide bonds. The predicted molar refractivity (Wildman–Crippen MR) is 117 cm³/mol. The number of rotatable bonds is 7. The number of halogens is 1. The number of hydrogen-bond donors (Lipinski definition) is 2. The molecule has 0 spiro atoms. The maximum absolute atomic E-state index is 11.9. The van der Waals surface area contributed by atoms with Crippen LogP contribution >= 0.6 is 12.4 Å². The van der Waals surface area contributed by atoms with Crippen LogP contribution in [0.15, 0.2) is 18.2 Å². The van der Waals surface area contributed by atoms with Gasteiger partial charge in [0.05, 0.1) is 7.11 Å². The molecule has 0 atom stereocenters. The molecule has 0 aromatic heterocycles. The highest BCUT2D eigenvalue weighted by atomic mass is 35.5. The number of nitrogens with one attached hydrogen (secondary N) is 2. The average molecular weight is 413 g/mol. The first-order valence-electron chi connectivity index (χ1n) is 10.2. The van der Waals surface area contributed by atoms with Gasteiger partial charge in [-0.05, 0) is 51.3 Å². The van der Waals surface area contributed by atoms with Gasteiger partial charge in [-0.2, -0.15) is 0 Å². The highest BCUT2D eigenvalue weighted by molar-refractivity contribution is 5.85. The van der Waals surface area contributed by atoms with Gasteiger partial charge in [0, 0.05) is 18.1 Å². The second-order valence-corrected chi connectivity index (χ2v) is 8.50. The van der Waals surface area contributed by atoms with Gasteiger partial charge in [0.1, 0.15) is 0 Å². The monoisotopic (exact) mass is 412 g/mol. The Hall–Kier alpha value is -1.46. The Bertz CT molecular complexity index is 594. The zero-order chi connectivity index (χ0) is 19.7. The standard InChI is InChI=1S/C22H36N2O3.ClH/c1-22(2,3)24-21(25)16-27-19-13-12-17(14-20(19)26-4)15-23-18-10-8-6-5-7-9-11-18;/h12-14,18,23H,5-11,15-16H2,1-4H3,(H,24,25);1H. The Morgan fingerprint density at radius 2 is 1.71 bits per heavy atom. The van der Waals surface area contributed by atoms with Crippen molar-refractivity contribution in [2.45, 2.75) is 83.8 Å². The van der Waals surface area contributed by atoms with Crippen LogP contribution in [0.5, 0.6) is 11.5 Å². The van der Waals surface area contributed by atoms with Gasteiger partial charge >= 0.3 is 0 Å². The van der Waals surface area contributed by atoms with Crippen LogP contribution in [0, 0.1) is 0 Å². The van der Waals surface area contributed by atoms with Gasteiger partial charge in [0.25, 0.3) is 5.91 Å². The second-order valence-electron chi connectivity index (χ2n) is 8.50. The fourth-order valence-corrected chi connectivity index (χ4v) is 3.46. The molecule has 28 heavy (non-hydrogen) atoms. The minimum absolute atomic E-state index is 0. The maximum Gasteiger partial charge on any atom is 0.258 e. The van der Waals surface area contributed by atoms with Crippen LogP contribution in [0.1, 0.15) is 71.3 Å². The number of carbonyl (C=O) groups excluding carboxylic acids is 1. The van der Waals surface area contributed by atoms with Crippen LogP contribution in [0.25, 0.3) is 0 Å². The van der Waals surface area contributed by atoms with Crippen LogP contribution in [-0.2, 0) is 11.3 Å². The fourth-order valence-electron chi connectivity index (χ4n) is 3.46. The molecule has 0 unspecified atom stereocenters. The van der Waals surface area contributed by atoms with Crippen LogP contribution in [0.3, 0.4) is 0 Å². The molecule has 0 aliphatic heterocycles. The molecule has 1 aliphatic rings.